The first kappa shape index (κ1) is 20.8. The van der Waals surface area contributed by atoms with Gasteiger partial charge in [-0.05, 0) is 26.0 Å². The number of aromatic nitrogens is 1. The average Bonchev–Trinajstić information content (AvgIpc) is 3.18. The predicted molar refractivity (Wildman–Crippen MR) is 116 cm³/mol. The number of rotatable bonds is 5. The summed E-state index contributed by atoms with van der Waals surface area (Å²) in [5.41, 5.74) is 2.25. The van der Waals surface area contributed by atoms with Gasteiger partial charge in [0.2, 0.25) is 0 Å². The van der Waals surface area contributed by atoms with Crippen LogP contribution in [0, 0.1) is 6.92 Å². The molecular weight excluding hydrogens is 463 g/mol. The standard InChI is InChI=1S/C18H24N4O2S.HI/c1-11-5-13-6-15(23-4)14(7-16(13)24-11)9-21-18(19-3)22-10-17-20-8-12(2)25-17;/h6-8,11H,5,9-10H2,1-4H3,(H2,19,21,22);1H. The van der Waals surface area contributed by atoms with E-state index in [-0.39, 0.29) is 30.1 Å². The van der Waals surface area contributed by atoms with Gasteiger partial charge in [0.1, 0.15) is 22.6 Å². The number of hydrogen-bond donors (Lipinski definition) is 2. The highest BCUT2D eigenvalue weighted by Gasteiger charge is 2.21. The molecular formula is C18H25IN4O2S. The molecule has 0 radical (unpaired) electrons. The van der Waals surface area contributed by atoms with Crippen molar-refractivity contribution in [2.45, 2.75) is 39.5 Å². The van der Waals surface area contributed by atoms with Crippen LogP contribution in [-0.2, 0) is 19.5 Å². The molecule has 1 unspecified atom stereocenters. The molecule has 8 heteroatoms. The monoisotopic (exact) mass is 488 g/mol. The number of methoxy groups -OCH3 is 1. The Bertz CT molecular complexity index is 779. The first-order valence-corrected chi connectivity index (χ1v) is 9.13. The van der Waals surface area contributed by atoms with Gasteiger partial charge < -0.3 is 20.1 Å². The molecule has 0 saturated heterocycles. The Hall–Kier alpha value is -1.55. The van der Waals surface area contributed by atoms with Crippen molar-refractivity contribution in [1.29, 1.82) is 0 Å². The number of aryl methyl sites for hydroxylation is 1. The van der Waals surface area contributed by atoms with Crippen molar-refractivity contribution in [2.75, 3.05) is 14.2 Å². The van der Waals surface area contributed by atoms with Gasteiger partial charge in [0, 0.05) is 42.2 Å². The summed E-state index contributed by atoms with van der Waals surface area (Å²) in [5, 5.41) is 7.64. The molecule has 0 spiro atoms. The maximum atomic E-state index is 5.85. The van der Waals surface area contributed by atoms with Crippen LogP contribution in [0.1, 0.15) is 27.9 Å². The second-order valence-corrected chi connectivity index (χ2v) is 7.37. The second kappa shape index (κ2) is 9.40. The molecule has 6 nitrogen and oxygen atoms in total. The smallest absolute Gasteiger partial charge is 0.191 e. The Morgan fingerprint density at radius 3 is 2.81 bits per heavy atom. The molecule has 3 rings (SSSR count). The minimum atomic E-state index is 0. The average molecular weight is 488 g/mol. The maximum Gasteiger partial charge on any atom is 0.191 e. The van der Waals surface area contributed by atoms with Crippen molar-refractivity contribution in [1.82, 2.24) is 15.6 Å². The summed E-state index contributed by atoms with van der Waals surface area (Å²) in [5.74, 6) is 2.55. The van der Waals surface area contributed by atoms with E-state index >= 15 is 0 Å². The van der Waals surface area contributed by atoms with Crippen molar-refractivity contribution in [2.24, 2.45) is 4.99 Å². The van der Waals surface area contributed by atoms with Crippen molar-refractivity contribution >= 4 is 41.3 Å². The van der Waals surface area contributed by atoms with E-state index in [1.165, 1.54) is 10.4 Å². The van der Waals surface area contributed by atoms with Gasteiger partial charge in [0.25, 0.3) is 0 Å². The fourth-order valence-electron chi connectivity index (χ4n) is 2.85. The van der Waals surface area contributed by atoms with Crippen LogP contribution >= 0.6 is 35.3 Å². The molecule has 1 aromatic carbocycles. The lowest BCUT2D eigenvalue weighted by atomic mass is 10.1. The highest BCUT2D eigenvalue weighted by molar-refractivity contribution is 14.0. The van der Waals surface area contributed by atoms with E-state index in [9.17, 15) is 0 Å². The lowest BCUT2D eigenvalue weighted by Gasteiger charge is -2.14. The van der Waals surface area contributed by atoms with Crippen molar-refractivity contribution in [3.63, 3.8) is 0 Å². The minimum absolute atomic E-state index is 0. The van der Waals surface area contributed by atoms with Gasteiger partial charge in [0.05, 0.1) is 13.7 Å². The molecule has 1 aliphatic rings. The summed E-state index contributed by atoms with van der Waals surface area (Å²) in [6.07, 6.45) is 3.03. The van der Waals surface area contributed by atoms with Gasteiger partial charge >= 0.3 is 0 Å². The minimum Gasteiger partial charge on any atom is -0.496 e. The SMILES string of the molecule is CN=C(NCc1ncc(C)s1)NCc1cc2c(cc1OC)CC(C)O2.I. The van der Waals surface area contributed by atoms with E-state index in [1.54, 1.807) is 25.5 Å². The fraction of sp³-hybridized carbons (Fsp3) is 0.444. The van der Waals surface area contributed by atoms with Gasteiger partial charge in [-0.15, -0.1) is 35.3 Å². The number of aliphatic imine (C=N–C) groups is 1. The normalized spacial score (nSPS) is 15.7. The first-order valence-electron chi connectivity index (χ1n) is 8.31. The van der Waals surface area contributed by atoms with Crippen LogP contribution in [-0.4, -0.2) is 31.2 Å². The molecule has 26 heavy (non-hydrogen) atoms. The van der Waals surface area contributed by atoms with E-state index < -0.39 is 0 Å². The zero-order valence-electron chi connectivity index (χ0n) is 15.5. The third kappa shape index (κ3) is 5.00. The number of halogens is 1. The number of thiazole rings is 1. The third-order valence-corrected chi connectivity index (χ3v) is 4.96. The van der Waals surface area contributed by atoms with Gasteiger partial charge in [-0.2, -0.15) is 0 Å². The van der Waals surface area contributed by atoms with Crippen LogP contribution < -0.4 is 20.1 Å². The number of nitrogens with zero attached hydrogens (tertiary/aromatic N) is 2. The summed E-state index contributed by atoms with van der Waals surface area (Å²) in [6, 6.07) is 4.13. The molecule has 1 aliphatic heterocycles. The lowest BCUT2D eigenvalue weighted by Crippen LogP contribution is -2.36. The highest BCUT2D eigenvalue weighted by Crippen LogP contribution is 2.34. The molecule has 0 bridgehead atoms. The van der Waals surface area contributed by atoms with Crippen LogP contribution in [0.15, 0.2) is 23.3 Å². The molecule has 2 heterocycles. The molecule has 1 atom stereocenters. The summed E-state index contributed by atoms with van der Waals surface area (Å²) < 4.78 is 11.4. The Morgan fingerprint density at radius 1 is 1.38 bits per heavy atom. The largest absolute Gasteiger partial charge is 0.496 e. The number of fused-ring (bicyclic) bond motifs is 1. The van der Waals surface area contributed by atoms with Crippen molar-refractivity contribution < 1.29 is 9.47 Å². The Morgan fingerprint density at radius 2 is 2.15 bits per heavy atom. The van der Waals surface area contributed by atoms with Crippen LogP contribution in [0.5, 0.6) is 11.5 Å². The maximum absolute atomic E-state index is 5.85. The lowest BCUT2D eigenvalue weighted by molar-refractivity contribution is 0.254. The highest BCUT2D eigenvalue weighted by atomic mass is 127. The number of hydrogen-bond acceptors (Lipinski definition) is 5. The van der Waals surface area contributed by atoms with Gasteiger partial charge in [-0.3, -0.25) is 4.99 Å². The molecule has 0 fully saturated rings. The van der Waals surface area contributed by atoms with E-state index in [0.717, 1.165) is 34.5 Å². The molecule has 2 N–H and O–H groups in total. The second-order valence-electron chi connectivity index (χ2n) is 6.05. The summed E-state index contributed by atoms with van der Waals surface area (Å²) >= 11 is 1.68. The van der Waals surface area contributed by atoms with E-state index in [0.29, 0.717) is 13.1 Å². The van der Waals surface area contributed by atoms with Crippen LogP contribution in [0.3, 0.4) is 0 Å². The third-order valence-electron chi connectivity index (χ3n) is 4.05. The topological polar surface area (TPSA) is 67.8 Å². The van der Waals surface area contributed by atoms with Crippen molar-refractivity contribution in [3.8, 4) is 11.5 Å². The van der Waals surface area contributed by atoms with Gasteiger partial charge in [0.15, 0.2) is 5.96 Å². The number of ether oxygens (including phenoxy) is 2. The molecule has 0 amide bonds. The predicted octanol–water partition coefficient (Wildman–Crippen LogP) is 3.27. The number of nitrogens with one attached hydrogen (secondary N) is 2. The molecule has 1 aromatic heterocycles. The Kier molecular flexibility index (Phi) is 7.51. The quantitative estimate of drug-likeness (QED) is 0.384. The molecule has 0 aliphatic carbocycles. The molecule has 2 aromatic rings. The number of guanidine groups is 1. The van der Waals surface area contributed by atoms with E-state index in [2.05, 4.69) is 46.6 Å². The summed E-state index contributed by atoms with van der Waals surface area (Å²) in [4.78, 5) is 9.82. The summed E-state index contributed by atoms with van der Waals surface area (Å²) in [6.45, 7) is 5.39. The molecule has 0 saturated carbocycles. The van der Waals surface area contributed by atoms with Crippen molar-refractivity contribution in [3.05, 3.63) is 39.3 Å². The van der Waals surface area contributed by atoms with Crippen LogP contribution in [0.4, 0.5) is 0 Å². The van der Waals surface area contributed by atoms with E-state index in [1.807, 2.05) is 6.20 Å². The first-order chi connectivity index (χ1) is 12.1. The van der Waals surface area contributed by atoms with E-state index in [4.69, 9.17) is 9.47 Å². The van der Waals surface area contributed by atoms with Crippen LogP contribution in [0.2, 0.25) is 0 Å². The molecule has 142 valence electrons. The Labute approximate surface area is 175 Å². The number of benzene rings is 1. The fourth-order valence-corrected chi connectivity index (χ4v) is 3.58. The zero-order chi connectivity index (χ0) is 17.8. The van der Waals surface area contributed by atoms with Gasteiger partial charge in [-0.1, -0.05) is 0 Å². The van der Waals surface area contributed by atoms with Crippen LogP contribution in [0.25, 0.3) is 0 Å². The Balaban J connectivity index is 0.00000243. The zero-order valence-corrected chi connectivity index (χ0v) is 18.6. The summed E-state index contributed by atoms with van der Waals surface area (Å²) in [7, 11) is 3.45. The van der Waals surface area contributed by atoms with Gasteiger partial charge in [-0.25, -0.2) is 4.98 Å².